The van der Waals surface area contributed by atoms with E-state index in [0.29, 0.717) is 6.04 Å². The fraction of sp³-hybridized carbons (Fsp3) is 0.600. The number of hydrogen-bond acceptors (Lipinski definition) is 3. The van der Waals surface area contributed by atoms with E-state index in [1.165, 1.54) is 18.5 Å². The molecule has 1 aliphatic rings. The van der Waals surface area contributed by atoms with Crippen molar-refractivity contribution in [3.63, 3.8) is 0 Å². The molecule has 1 heterocycles. The van der Waals surface area contributed by atoms with E-state index in [2.05, 4.69) is 52.0 Å². The van der Waals surface area contributed by atoms with Gasteiger partial charge in [-0.05, 0) is 51.6 Å². The third kappa shape index (κ3) is 3.50. The van der Waals surface area contributed by atoms with Crippen LogP contribution in [0.5, 0.6) is 0 Å². The summed E-state index contributed by atoms with van der Waals surface area (Å²) < 4.78 is 0.995. The number of rotatable bonds is 3. The number of benzene rings is 1. The van der Waals surface area contributed by atoms with E-state index < -0.39 is 6.10 Å². The number of aliphatic hydroxyl groups excluding tert-OH is 1. The van der Waals surface area contributed by atoms with Gasteiger partial charge >= 0.3 is 0 Å². The molecule has 1 saturated heterocycles. The van der Waals surface area contributed by atoms with Crippen LogP contribution in [0.25, 0.3) is 0 Å². The van der Waals surface area contributed by atoms with Gasteiger partial charge in [0.2, 0.25) is 0 Å². The van der Waals surface area contributed by atoms with Crippen LogP contribution in [-0.4, -0.2) is 43.2 Å². The SMILES string of the molecule is C[C@H](O)c1ccc(N2CCC(N(C)C)CC2)cc1Br. The van der Waals surface area contributed by atoms with Crippen molar-refractivity contribution in [2.24, 2.45) is 0 Å². The van der Waals surface area contributed by atoms with Crippen molar-refractivity contribution >= 4 is 21.6 Å². The number of aliphatic hydroxyl groups is 1. The summed E-state index contributed by atoms with van der Waals surface area (Å²) in [5, 5.41) is 9.65. The van der Waals surface area contributed by atoms with Crippen LogP contribution in [0.15, 0.2) is 22.7 Å². The van der Waals surface area contributed by atoms with Crippen LogP contribution in [0.3, 0.4) is 0 Å². The van der Waals surface area contributed by atoms with E-state index in [4.69, 9.17) is 0 Å². The van der Waals surface area contributed by atoms with Gasteiger partial charge in [-0.15, -0.1) is 0 Å². The lowest BCUT2D eigenvalue weighted by molar-refractivity contribution is 0.198. The van der Waals surface area contributed by atoms with Crippen molar-refractivity contribution in [3.05, 3.63) is 28.2 Å². The predicted molar refractivity (Wildman–Crippen MR) is 83.7 cm³/mol. The molecule has 4 heteroatoms. The van der Waals surface area contributed by atoms with Crippen molar-refractivity contribution in [2.75, 3.05) is 32.1 Å². The molecule has 106 valence electrons. The lowest BCUT2D eigenvalue weighted by atomic mass is 10.0. The molecule has 0 amide bonds. The minimum atomic E-state index is -0.428. The highest BCUT2D eigenvalue weighted by Gasteiger charge is 2.21. The Morgan fingerprint density at radius 2 is 1.95 bits per heavy atom. The summed E-state index contributed by atoms with van der Waals surface area (Å²) in [6, 6.07) is 6.96. The van der Waals surface area contributed by atoms with Crippen molar-refractivity contribution < 1.29 is 5.11 Å². The van der Waals surface area contributed by atoms with Gasteiger partial charge in [-0.1, -0.05) is 22.0 Å². The number of piperidine rings is 1. The predicted octanol–water partition coefficient (Wildman–Crippen LogP) is 3.03. The zero-order valence-electron chi connectivity index (χ0n) is 11.9. The molecule has 0 spiro atoms. The largest absolute Gasteiger partial charge is 0.389 e. The highest BCUT2D eigenvalue weighted by Crippen LogP contribution is 2.29. The molecule has 3 nitrogen and oxygen atoms in total. The summed E-state index contributed by atoms with van der Waals surface area (Å²) in [4.78, 5) is 4.75. The Hall–Kier alpha value is -0.580. The molecular weight excluding hydrogens is 304 g/mol. The van der Waals surface area contributed by atoms with E-state index in [0.717, 1.165) is 23.1 Å². The minimum absolute atomic E-state index is 0.428. The maximum absolute atomic E-state index is 9.65. The van der Waals surface area contributed by atoms with Crippen LogP contribution in [0.2, 0.25) is 0 Å². The molecule has 2 rings (SSSR count). The first-order valence-corrected chi connectivity index (χ1v) is 7.67. The molecule has 1 N–H and O–H groups in total. The molecule has 0 aromatic heterocycles. The Morgan fingerprint density at radius 1 is 1.32 bits per heavy atom. The normalized spacial score (nSPS) is 18.9. The summed E-state index contributed by atoms with van der Waals surface area (Å²) in [5.74, 6) is 0. The van der Waals surface area contributed by atoms with E-state index in [-0.39, 0.29) is 0 Å². The van der Waals surface area contributed by atoms with Gasteiger partial charge in [0.1, 0.15) is 0 Å². The molecule has 1 atom stereocenters. The van der Waals surface area contributed by atoms with Crippen LogP contribution in [0, 0.1) is 0 Å². The Kier molecular flexibility index (Phi) is 4.87. The molecule has 0 unspecified atom stereocenters. The number of halogens is 1. The summed E-state index contributed by atoms with van der Waals surface area (Å²) >= 11 is 3.55. The first kappa shape index (κ1) is 14.8. The lowest BCUT2D eigenvalue weighted by Gasteiger charge is -2.36. The summed E-state index contributed by atoms with van der Waals surface area (Å²) in [6.07, 6.45) is 1.99. The third-order valence-electron chi connectivity index (χ3n) is 3.99. The molecule has 1 aliphatic heterocycles. The smallest absolute Gasteiger partial charge is 0.0772 e. The standard InChI is InChI=1S/C15H23BrN2O/c1-11(19)14-5-4-13(10-15(14)16)18-8-6-12(7-9-18)17(2)3/h4-5,10-12,19H,6-9H2,1-3H3/t11-/m0/s1. The number of nitrogens with zero attached hydrogens (tertiary/aromatic N) is 2. The van der Waals surface area contributed by atoms with Gasteiger partial charge in [-0.25, -0.2) is 0 Å². The maximum atomic E-state index is 9.65. The summed E-state index contributed by atoms with van der Waals surface area (Å²) in [7, 11) is 4.32. The minimum Gasteiger partial charge on any atom is -0.389 e. The topological polar surface area (TPSA) is 26.7 Å². The molecule has 1 aromatic rings. The molecule has 19 heavy (non-hydrogen) atoms. The number of anilines is 1. The Bertz CT molecular complexity index is 426. The third-order valence-corrected chi connectivity index (χ3v) is 4.68. The first-order chi connectivity index (χ1) is 8.99. The molecule has 0 aliphatic carbocycles. The second-order valence-corrected chi connectivity index (χ2v) is 6.42. The van der Waals surface area contributed by atoms with Crippen molar-refractivity contribution in [3.8, 4) is 0 Å². The fourth-order valence-corrected chi connectivity index (χ4v) is 3.39. The lowest BCUT2D eigenvalue weighted by Crippen LogP contribution is -2.42. The maximum Gasteiger partial charge on any atom is 0.0772 e. The quantitative estimate of drug-likeness (QED) is 0.924. The van der Waals surface area contributed by atoms with E-state index in [9.17, 15) is 5.11 Å². The summed E-state index contributed by atoms with van der Waals surface area (Å²) in [5.41, 5.74) is 2.19. The molecule has 1 aromatic carbocycles. The average molecular weight is 327 g/mol. The Labute approximate surface area is 124 Å². The van der Waals surface area contributed by atoms with E-state index >= 15 is 0 Å². The Morgan fingerprint density at radius 3 is 2.42 bits per heavy atom. The second-order valence-electron chi connectivity index (χ2n) is 5.56. The van der Waals surface area contributed by atoms with Gasteiger partial charge in [0.05, 0.1) is 6.10 Å². The monoisotopic (exact) mass is 326 g/mol. The van der Waals surface area contributed by atoms with Crippen molar-refractivity contribution in [2.45, 2.75) is 31.9 Å². The van der Waals surface area contributed by atoms with Crippen LogP contribution < -0.4 is 4.90 Å². The number of hydrogen-bond donors (Lipinski definition) is 1. The van der Waals surface area contributed by atoms with Gasteiger partial charge in [-0.3, -0.25) is 0 Å². The highest BCUT2D eigenvalue weighted by atomic mass is 79.9. The second kappa shape index (κ2) is 6.25. The zero-order valence-corrected chi connectivity index (χ0v) is 13.5. The molecule has 0 bridgehead atoms. The fourth-order valence-electron chi connectivity index (χ4n) is 2.69. The van der Waals surface area contributed by atoms with Crippen LogP contribution in [0.4, 0.5) is 5.69 Å². The molecule has 1 fully saturated rings. The molecule has 0 radical (unpaired) electrons. The average Bonchev–Trinajstić information content (AvgIpc) is 2.38. The van der Waals surface area contributed by atoms with Crippen molar-refractivity contribution in [1.29, 1.82) is 0 Å². The zero-order chi connectivity index (χ0) is 14.0. The van der Waals surface area contributed by atoms with Gasteiger partial charge in [-0.2, -0.15) is 0 Å². The molecule has 0 saturated carbocycles. The van der Waals surface area contributed by atoms with E-state index in [1.807, 2.05) is 6.07 Å². The van der Waals surface area contributed by atoms with Gasteiger partial charge in [0.15, 0.2) is 0 Å². The van der Waals surface area contributed by atoms with Crippen molar-refractivity contribution in [1.82, 2.24) is 4.90 Å². The van der Waals surface area contributed by atoms with Gasteiger partial charge in [0.25, 0.3) is 0 Å². The van der Waals surface area contributed by atoms with Gasteiger partial charge < -0.3 is 14.9 Å². The van der Waals surface area contributed by atoms with E-state index in [1.54, 1.807) is 6.92 Å². The van der Waals surface area contributed by atoms with Gasteiger partial charge in [0, 0.05) is 29.3 Å². The molecular formula is C15H23BrN2O. The van der Waals surface area contributed by atoms with Crippen LogP contribution >= 0.6 is 15.9 Å². The first-order valence-electron chi connectivity index (χ1n) is 6.88. The summed E-state index contributed by atoms with van der Waals surface area (Å²) in [6.45, 7) is 4.00. The highest BCUT2D eigenvalue weighted by molar-refractivity contribution is 9.10. The van der Waals surface area contributed by atoms with Crippen LogP contribution in [-0.2, 0) is 0 Å². The Balaban J connectivity index is 2.06. The van der Waals surface area contributed by atoms with Crippen LogP contribution in [0.1, 0.15) is 31.4 Å².